The molecule has 26 heavy (non-hydrogen) atoms. The zero-order valence-electron chi connectivity index (χ0n) is 14.6. The zero-order chi connectivity index (χ0) is 18.7. The predicted molar refractivity (Wildman–Crippen MR) is 92.9 cm³/mol. The molecule has 2 saturated heterocycles. The largest absolute Gasteiger partial charge is 0.466 e. The van der Waals surface area contributed by atoms with Crippen LogP contribution in [0.1, 0.15) is 24.6 Å². The standard InChI is InChI=1S/C17H21N3O5S/c1-2-25-16(23)12-5-7-18(8-6-12)11-20-15(22)14(21)19(17(20)24)10-13-4-3-9-26-13/h3-4,9,12H,2,5-8,10-11H2,1H3. The van der Waals surface area contributed by atoms with Gasteiger partial charge in [-0.3, -0.25) is 24.2 Å². The molecule has 0 aromatic carbocycles. The van der Waals surface area contributed by atoms with E-state index in [2.05, 4.69) is 0 Å². The highest BCUT2D eigenvalue weighted by Gasteiger charge is 2.45. The number of carbonyl (C=O) groups excluding carboxylic acids is 4. The third-order valence-electron chi connectivity index (χ3n) is 4.58. The van der Waals surface area contributed by atoms with E-state index >= 15 is 0 Å². The molecule has 9 heteroatoms. The van der Waals surface area contributed by atoms with Crippen LogP contribution < -0.4 is 0 Å². The lowest BCUT2D eigenvalue weighted by atomic mass is 9.97. The van der Waals surface area contributed by atoms with Gasteiger partial charge in [-0.25, -0.2) is 9.69 Å². The Hall–Kier alpha value is -2.26. The van der Waals surface area contributed by atoms with Crippen molar-refractivity contribution in [2.24, 2.45) is 5.92 Å². The fraction of sp³-hybridized carbons (Fsp3) is 0.529. The number of ether oxygens (including phenoxy) is 1. The van der Waals surface area contributed by atoms with Crippen molar-refractivity contribution in [3.05, 3.63) is 22.4 Å². The first kappa shape index (κ1) is 18.5. The van der Waals surface area contributed by atoms with Crippen LogP contribution in [0.15, 0.2) is 17.5 Å². The van der Waals surface area contributed by atoms with E-state index in [4.69, 9.17) is 4.74 Å². The highest BCUT2D eigenvalue weighted by Crippen LogP contribution is 2.22. The van der Waals surface area contributed by atoms with E-state index in [0.717, 1.165) is 14.7 Å². The summed E-state index contributed by atoms with van der Waals surface area (Å²) in [6, 6.07) is 3.07. The molecule has 2 aliphatic rings. The van der Waals surface area contributed by atoms with Gasteiger partial charge in [-0.2, -0.15) is 0 Å². The predicted octanol–water partition coefficient (Wildman–Crippen LogP) is 1.27. The number of likely N-dealkylation sites (tertiary alicyclic amines) is 1. The van der Waals surface area contributed by atoms with Gasteiger partial charge in [0, 0.05) is 18.0 Å². The van der Waals surface area contributed by atoms with Gasteiger partial charge in [-0.15, -0.1) is 11.3 Å². The SMILES string of the molecule is CCOC(=O)C1CCN(CN2C(=O)C(=O)N(Cc3cccs3)C2=O)CC1. The number of hydrogen-bond acceptors (Lipinski definition) is 7. The fourth-order valence-corrected chi connectivity index (χ4v) is 3.84. The van der Waals surface area contributed by atoms with E-state index in [1.54, 1.807) is 6.92 Å². The smallest absolute Gasteiger partial charge is 0.335 e. The number of urea groups is 1. The summed E-state index contributed by atoms with van der Waals surface area (Å²) in [7, 11) is 0. The molecule has 0 bridgehead atoms. The molecule has 0 spiro atoms. The van der Waals surface area contributed by atoms with Crippen LogP contribution in [0.25, 0.3) is 0 Å². The molecule has 0 aliphatic carbocycles. The first-order chi connectivity index (χ1) is 12.5. The second-order valence-electron chi connectivity index (χ2n) is 6.27. The highest BCUT2D eigenvalue weighted by molar-refractivity contribution is 7.09. The van der Waals surface area contributed by atoms with Gasteiger partial charge >= 0.3 is 23.8 Å². The van der Waals surface area contributed by atoms with Crippen LogP contribution >= 0.6 is 11.3 Å². The van der Waals surface area contributed by atoms with Gasteiger partial charge < -0.3 is 4.74 Å². The Kier molecular flexibility index (Phi) is 5.67. The average molecular weight is 379 g/mol. The number of hydrogen-bond donors (Lipinski definition) is 0. The van der Waals surface area contributed by atoms with Crippen LogP contribution in [-0.2, 0) is 25.7 Å². The molecule has 0 atom stereocenters. The molecular weight excluding hydrogens is 358 g/mol. The Morgan fingerprint density at radius 3 is 2.50 bits per heavy atom. The van der Waals surface area contributed by atoms with Gasteiger partial charge in [-0.1, -0.05) is 6.07 Å². The molecule has 140 valence electrons. The van der Waals surface area contributed by atoms with Crippen LogP contribution in [0.3, 0.4) is 0 Å². The van der Waals surface area contributed by atoms with E-state index in [-0.39, 0.29) is 25.1 Å². The quantitative estimate of drug-likeness (QED) is 0.420. The number of esters is 1. The van der Waals surface area contributed by atoms with Gasteiger partial charge in [0.25, 0.3) is 0 Å². The second kappa shape index (κ2) is 7.96. The summed E-state index contributed by atoms with van der Waals surface area (Å²) in [6.07, 6.45) is 1.23. The molecule has 2 fully saturated rings. The molecule has 0 N–H and O–H groups in total. The van der Waals surface area contributed by atoms with Crippen molar-refractivity contribution >= 4 is 35.2 Å². The molecule has 0 unspecified atom stereocenters. The minimum absolute atomic E-state index is 0.0693. The third kappa shape index (κ3) is 3.78. The Morgan fingerprint density at radius 2 is 1.88 bits per heavy atom. The van der Waals surface area contributed by atoms with Crippen LogP contribution in [0.2, 0.25) is 0 Å². The van der Waals surface area contributed by atoms with Crippen molar-refractivity contribution in [2.45, 2.75) is 26.3 Å². The van der Waals surface area contributed by atoms with Crippen LogP contribution in [-0.4, -0.2) is 64.9 Å². The molecule has 2 aliphatic heterocycles. The highest BCUT2D eigenvalue weighted by atomic mass is 32.1. The Bertz CT molecular complexity index is 697. The molecule has 8 nitrogen and oxygen atoms in total. The summed E-state index contributed by atoms with van der Waals surface area (Å²) in [5.41, 5.74) is 0. The van der Waals surface area contributed by atoms with Crippen molar-refractivity contribution in [3.8, 4) is 0 Å². The summed E-state index contributed by atoms with van der Waals surface area (Å²) in [5.74, 6) is -1.92. The summed E-state index contributed by atoms with van der Waals surface area (Å²) in [5, 5.41) is 1.85. The van der Waals surface area contributed by atoms with Crippen LogP contribution in [0.4, 0.5) is 4.79 Å². The number of nitrogens with zero attached hydrogens (tertiary/aromatic N) is 3. The normalized spacial score (nSPS) is 19.5. The first-order valence-corrected chi connectivity index (χ1v) is 9.48. The molecule has 3 rings (SSSR count). The minimum Gasteiger partial charge on any atom is -0.466 e. The maximum Gasteiger partial charge on any atom is 0.335 e. The molecule has 1 aromatic rings. The summed E-state index contributed by atoms with van der Waals surface area (Å²) in [6.45, 7) is 3.45. The summed E-state index contributed by atoms with van der Waals surface area (Å²) < 4.78 is 5.04. The lowest BCUT2D eigenvalue weighted by Crippen LogP contribution is -2.46. The van der Waals surface area contributed by atoms with E-state index in [1.807, 2.05) is 22.4 Å². The average Bonchev–Trinajstić information content (AvgIpc) is 3.22. The first-order valence-electron chi connectivity index (χ1n) is 8.60. The van der Waals surface area contributed by atoms with E-state index in [0.29, 0.717) is 32.5 Å². The van der Waals surface area contributed by atoms with Gasteiger partial charge in [0.1, 0.15) is 0 Å². The van der Waals surface area contributed by atoms with Crippen molar-refractivity contribution in [3.63, 3.8) is 0 Å². The Balaban J connectivity index is 1.57. The monoisotopic (exact) mass is 379 g/mol. The molecule has 0 saturated carbocycles. The van der Waals surface area contributed by atoms with Crippen molar-refractivity contribution in [2.75, 3.05) is 26.4 Å². The number of imide groups is 2. The lowest BCUT2D eigenvalue weighted by Gasteiger charge is -2.32. The maximum atomic E-state index is 12.5. The van der Waals surface area contributed by atoms with E-state index < -0.39 is 17.8 Å². The van der Waals surface area contributed by atoms with Crippen LogP contribution in [0.5, 0.6) is 0 Å². The summed E-state index contributed by atoms with van der Waals surface area (Å²) in [4.78, 5) is 53.4. The third-order valence-corrected chi connectivity index (χ3v) is 5.44. The van der Waals surface area contributed by atoms with Crippen LogP contribution in [0, 0.1) is 5.92 Å². The lowest BCUT2D eigenvalue weighted by molar-refractivity contribution is -0.150. The van der Waals surface area contributed by atoms with E-state index in [9.17, 15) is 19.2 Å². The molecule has 0 radical (unpaired) electrons. The minimum atomic E-state index is -0.793. The van der Waals surface area contributed by atoms with Gasteiger partial charge in [0.2, 0.25) is 0 Å². The zero-order valence-corrected chi connectivity index (χ0v) is 15.4. The number of amides is 4. The molecule has 1 aromatic heterocycles. The summed E-state index contributed by atoms with van der Waals surface area (Å²) >= 11 is 1.43. The molecular formula is C17H21N3O5S. The van der Waals surface area contributed by atoms with Crippen molar-refractivity contribution < 1.29 is 23.9 Å². The Morgan fingerprint density at radius 1 is 1.19 bits per heavy atom. The molecule has 3 heterocycles. The molecule has 4 amide bonds. The maximum absolute atomic E-state index is 12.5. The van der Waals surface area contributed by atoms with Crippen molar-refractivity contribution in [1.82, 2.24) is 14.7 Å². The Labute approximate surface area is 155 Å². The van der Waals surface area contributed by atoms with E-state index in [1.165, 1.54) is 11.3 Å². The number of piperidine rings is 1. The number of carbonyl (C=O) groups is 4. The van der Waals surface area contributed by atoms with Gasteiger partial charge in [0.15, 0.2) is 0 Å². The fourth-order valence-electron chi connectivity index (χ4n) is 3.14. The topological polar surface area (TPSA) is 87.2 Å². The van der Waals surface area contributed by atoms with Gasteiger partial charge in [-0.05, 0) is 31.2 Å². The number of thiophene rings is 1. The number of rotatable bonds is 6. The van der Waals surface area contributed by atoms with Crippen molar-refractivity contribution in [1.29, 1.82) is 0 Å². The second-order valence-corrected chi connectivity index (χ2v) is 7.30. The van der Waals surface area contributed by atoms with Gasteiger partial charge in [0.05, 0.1) is 25.7 Å².